The van der Waals surface area contributed by atoms with Crippen LogP contribution in [-0.4, -0.2) is 92.9 Å². The molecule has 28 heavy (non-hydrogen) atoms. The highest BCUT2D eigenvalue weighted by molar-refractivity contribution is 14.0. The molecule has 0 unspecified atom stereocenters. The first-order valence-electron chi connectivity index (χ1n) is 10.3. The SMILES string of the molecule is CCNC(=NCCCNC(=O)OC(C)(C)C)NCCN1CCN(CC)CC1.I. The average molecular weight is 512 g/mol. The van der Waals surface area contributed by atoms with Gasteiger partial charge in [-0.25, -0.2) is 4.79 Å². The number of hydrogen-bond acceptors (Lipinski definition) is 5. The van der Waals surface area contributed by atoms with Gasteiger partial charge in [-0.3, -0.25) is 9.89 Å². The molecule has 0 radical (unpaired) electrons. The monoisotopic (exact) mass is 512 g/mol. The van der Waals surface area contributed by atoms with Crippen LogP contribution in [0.15, 0.2) is 4.99 Å². The number of piperazine rings is 1. The van der Waals surface area contributed by atoms with Crippen molar-refractivity contribution in [3.8, 4) is 0 Å². The summed E-state index contributed by atoms with van der Waals surface area (Å²) in [6, 6.07) is 0. The van der Waals surface area contributed by atoms with Crippen LogP contribution in [0.3, 0.4) is 0 Å². The van der Waals surface area contributed by atoms with Crippen molar-refractivity contribution >= 4 is 36.0 Å². The van der Waals surface area contributed by atoms with Crippen molar-refractivity contribution < 1.29 is 9.53 Å². The fourth-order valence-corrected chi connectivity index (χ4v) is 2.78. The first-order valence-corrected chi connectivity index (χ1v) is 10.3. The van der Waals surface area contributed by atoms with Crippen molar-refractivity contribution in [2.45, 2.75) is 46.6 Å². The van der Waals surface area contributed by atoms with E-state index in [4.69, 9.17) is 4.74 Å². The van der Waals surface area contributed by atoms with Gasteiger partial charge in [0, 0.05) is 58.9 Å². The second kappa shape index (κ2) is 15.1. The Morgan fingerprint density at radius 2 is 1.64 bits per heavy atom. The molecule has 1 heterocycles. The number of guanidine groups is 1. The number of alkyl carbamates (subject to hydrolysis) is 1. The summed E-state index contributed by atoms with van der Waals surface area (Å²) in [5.74, 6) is 0.835. The van der Waals surface area contributed by atoms with Crippen molar-refractivity contribution in [3.05, 3.63) is 0 Å². The highest BCUT2D eigenvalue weighted by atomic mass is 127. The Kier molecular flexibility index (Phi) is 14.6. The normalized spacial score (nSPS) is 16.2. The molecule has 0 aromatic heterocycles. The van der Waals surface area contributed by atoms with E-state index in [1.165, 1.54) is 0 Å². The molecule has 0 aromatic carbocycles. The van der Waals surface area contributed by atoms with Crippen LogP contribution in [0.25, 0.3) is 0 Å². The van der Waals surface area contributed by atoms with Crippen LogP contribution in [-0.2, 0) is 4.74 Å². The largest absolute Gasteiger partial charge is 0.444 e. The number of halogens is 1. The number of carbonyl (C=O) groups excluding carboxylic acids is 1. The third kappa shape index (κ3) is 13.4. The molecule has 8 nitrogen and oxygen atoms in total. The molecule has 0 saturated carbocycles. The minimum absolute atomic E-state index is 0. The molecule has 1 saturated heterocycles. The second-order valence-electron chi connectivity index (χ2n) is 7.75. The Bertz CT molecular complexity index is 448. The summed E-state index contributed by atoms with van der Waals surface area (Å²) in [6.45, 7) is 19.5. The van der Waals surface area contributed by atoms with Crippen molar-refractivity contribution in [1.29, 1.82) is 0 Å². The summed E-state index contributed by atoms with van der Waals surface area (Å²) < 4.78 is 5.21. The van der Waals surface area contributed by atoms with E-state index in [0.717, 1.165) is 64.7 Å². The molecule has 0 atom stereocenters. The molecule has 3 N–H and O–H groups in total. The van der Waals surface area contributed by atoms with Crippen LogP contribution in [0.1, 0.15) is 41.0 Å². The Hall–Kier alpha value is -0.810. The van der Waals surface area contributed by atoms with Gasteiger partial charge in [-0.2, -0.15) is 0 Å². The maximum Gasteiger partial charge on any atom is 0.407 e. The zero-order valence-corrected chi connectivity index (χ0v) is 20.7. The Balaban J connectivity index is 0.00000729. The lowest BCUT2D eigenvalue weighted by molar-refractivity contribution is 0.0527. The number of aliphatic imine (C=N–C) groups is 1. The fourth-order valence-electron chi connectivity index (χ4n) is 2.78. The molecule has 1 aliphatic rings. The lowest BCUT2D eigenvalue weighted by Crippen LogP contribution is -2.49. The van der Waals surface area contributed by atoms with Crippen LogP contribution < -0.4 is 16.0 Å². The zero-order valence-electron chi connectivity index (χ0n) is 18.3. The number of carbonyl (C=O) groups is 1. The number of hydrogen-bond donors (Lipinski definition) is 3. The zero-order chi connectivity index (χ0) is 20.1. The number of likely N-dealkylation sites (N-methyl/N-ethyl adjacent to an activating group) is 1. The maximum atomic E-state index is 11.6. The lowest BCUT2D eigenvalue weighted by Gasteiger charge is -2.34. The molecule has 1 fully saturated rings. The van der Waals surface area contributed by atoms with Gasteiger partial charge in [0.15, 0.2) is 5.96 Å². The number of nitrogens with one attached hydrogen (secondary N) is 3. The van der Waals surface area contributed by atoms with Gasteiger partial charge >= 0.3 is 6.09 Å². The molecule has 1 aliphatic heterocycles. The molecule has 1 amide bonds. The van der Waals surface area contributed by atoms with E-state index < -0.39 is 5.60 Å². The molecule has 1 rings (SSSR count). The van der Waals surface area contributed by atoms with Crippen molar-refractivity contribution in [1.82, 2.24) is 25.8 Å². The summed E-state index contributed by atoms with van der Waals surface area (Å²) in [5, 5.41) is 9.42. The van der Waals surface area contributed by atoms with Crippen LogP contribution >= 0.6 is 24.0 Å². The highest BCUT2D eigenvalue weighted by Gasteiger charge is 2.16. The van der Waals surface area contributed by atoms with E-state index in [-0.39, 0.29) is 30.1 Å². The van der Waals surface area contributed by atoms with Crippen LogP contribution in [0.5, 0.6) is 0 Å². The smallest absolute Gasteiger partial charge is 0.407 e. The van der Waals surface area contributed by atoms with E-state index in [2.05, 4.69) is 44.6 Å². The van der Waals surface area contributed by atoms with Crippen molar-refractivity contribution in [2.24, 2.45) is 4.99 Å². The van der Waals surface area contributed by atoms with Gasteiger partial charge in [-0.1, -0.05) is 6.92 Å². The number of ether oxygens (including phenoxy) is 1. The fraction of sp³-hybridized carbons (Fsp3) is 0.895. The Labute approximate surface area is 188 Å². The van der Waals surface area contributed by atoms with E-state index in [0.29, 0.717) is 13.1 Å². The minimum Gasteiger partial charge on any atom is -0.444 e. The van der Waals surface area contributed by atoms with E-state index in [1.807, 2.05) is 20.8 Å². The molecular weight excluding hydrogens is 471 g/mol. The first kappa shape index (κ1) is 27.2. The third-order valence-electron chi connectivity index (χ3n) is 4.25. The topological polar surface area (TPSA) is 81.2 Å². The van der Waals surface area contributed by atoms with Crippen molar-refractivity contribution in [3.63, 3.8) is 0 Å². The predicted molar refractivity (Wildman–Crippen MR) is 127 cm³/mol. The molecule has 0 spiro atoms. The van der Waals surface area contributed by atoms with E-state index in [1.54, 1.807) is 0 Å². The van der Waals surface area contributed by atoms with Crippen LogP contribution in [0.4, 0.5) is 4.79 Å². The summed E-state index contributed by atoms with van der Waals surface area (Å²) >= 11 is 0. The molecular formula is C19H41IN6O2. The van der Waals surface area contributed by atoms with E-state index in [9.17, 15) is 4.79 Å². The van der Waals surface area contributed by atoms with Crippen molar-refractivity contribution in [2.75, 3.05) is 65.4 Å². The number of amides is 1. The highest BCUT2D eigenvalue weighted by Crippen LogP contribution is 2.06. The van der Waals surface area contributed by atoms with Gasteiger partial charge in [-0.15, -0.1) is 24.0 Å². The average Bonchev–Trinajstić information content (AvgIpc) is 2.60. The molecule has 0 aliphatic carbocycles. The van der Waals surface area contributed by atoms with Gasteiger partial charge in [0.25, 0.3) is 0 Å². The summed E-state index contributed by atoms with van der Waals surface area (Å²) in [6.07, 6.45) is 0.397. The first-order chi connectivity index (χ1) is 12.8. The Morgan fingerprint density at radius 3 is 2.21 bits per heavy atom. The van der Waals surface area contributed by atoms with Gasteiger partial charge in [0.05, 0.1) is 0 Å². The maximum absolute atomic E-state index is 11.6. The van der Waals surface area contributed by atoms with Crippen LogP contribution in [0, 0.1) is 0 Å². The number of nitrogens with zero attached hydrogens (tertiary/aromatic N) is 3. The molecule has 9 heteroatoms. The summed E-state index contributed by atoms with van der Waals surface area (Å²) in [7, 11) is 0. The lowest BCUT2D eigenvalue weighted by atomic mass is 10.2. The molecule has 0 aromatic rings. The van der Waals surface area contributed by atoms with Gasteiger partial charge < -0.3 is 25.6 Å². The van der Waals surface area contributed by atoms with Gasteiger partial charge in [0.1, 0.15) is 5.60 Å². The summed E-state index contributed by atoms with van der Waals surface area (Å²) in [4.78, 5) is 21.1. The second-order valence-corrected chi connectivity index (χ2v) is 7.75. The van der Waals surface area contributed by atoms with Crippen LogP contribution in [0.2, 0.25) is 0 Å². The third-order valence-corrected chi connectivity index (χ3v) is 4.25. The quantitative estimate of drug-likeness (QED) is 0.189. The van der Waals surface area contributed by atoms with Gasteiger partial charge in [-0.05, 0) is 40.7 Å². The minimum atomic E-state index is -0.465. The number of rotatable bonds is 9. The van der Waals surface area contributed by atoms with E-state index >= 15 is 0 Å². The Morgan fingerprint density at radius 1 is 1.00 bits per heavy atom. The molecule has 0 bridgehead atoms. The summed E-state index contributed by atoms with van der Waals surface area (Å²) in [5.41, 5.74) is -0.465. The standard InChI is InChI=1S/C19H40N6O2.HI/c1-6-20-17(21-9-8-10-23-18(26)27-19(3,4)5)22-11-12-25-15-13-24(7-2)14-16-25;/h6-16H2,1-5H3,(H,23,26)(H2,20,21,22);1H. The predicted octanol–water partition coefficient (Wildman–Crippen LogP) is 1.71. The molecule has 166 valence electrons. The van der Waals surface area contributed by atoms with Gasteiger partial charge in [0.2, 0.25) is 0 Å².